The van der Waals surface area contributed by atoms with Gasteiger partial charge in [-0.1, -0.05) is 12.1 Å². The maximum absolute atomic E-state index is 10.8. The minimum Gasteiger partial charge on any atom is -0.307 e. The van der Waals surface area contributed by atoms with Crippen LogP contribution in [0.25, 0.3) is 11.4 Å². The van der Waals surface area contributed by atoms with Crippen molar-refractivity contribution >= 4 is 5.69 Å². The van der Waals surface area contributed by atoms with Gasteiger partial charge in [0.1, 0.15) is 0 Å². The zero-order valence-corrected chi connectivity index (χ0v) is 10.4. The van der Waals surface area contributed by atoms with Gasteiger partial charge in [-0.3, -0.25) is 10.1 Å². The van der Waals surface area contributed by atoms with Gasteiger partial charge < -0.3 is 5.32 Å². The Morgan fingerprint density at radius 3 is 2.95 bits per heavy atom. The first kappa shape index (κ1) is 11.7. The maximum atomic E-state index is 10.8. The van der Waals surface area contributed by atoms with Crippen LogP contribution in [0.1, 0.15) is 17.0 Å². The number of benzene rings is 1. The molecule has 0 saturated heterocycles. The SMILES string of the molecule is Cc1nc(-c2cccc([N+](=O)[O-])c2)nc2c1CNC2. The molecule has 1 aromatic heterocycles. The van der Waals surface area contributed by atoms with Gasteiger partial charge in [0.25, 0.3) is 5.69 Å². The van der Waals surface area contributed by atoms with Crippen molar-refractivity contribution < 1.29 is 4.92 Å². The molecule has 0 saturated carbocycles. The lowest BCUT2D eigenvalue weighted by Crippen LogP contribution is -2.00. The summed E-state index contributed by atoms with van der Waals surface area (Å²) in [6.45, 7) is 3.45. The Kier molecular flexibility index (Phi) is 2.72. The number of nitro benzene ring substituents is 1. The maximum Gasteiger partial charge on any atom is 0.270 e. The lowest BCUT2D eigenvalue weighted by Gasteiger charge is -2.06. The molecule has 2 heterocycles. The Hall–Kier alpha value is -2.34. The van der Waals surface area contributed by atoms with E-state index in [1.807, 2.05) is 6.92 Å². The lowest BCUT2D eigenvalue weighted by molar-refractivity contribution is -0.384. The van der Waals surface area contributed by atoms with Crippen LogP contribution in [0.15, 0.2) is 24.3 Å². The van der Waals surface area contributed by atoms with Gasteiger partial charge in [0.15, 0.2) is 5.82 Å². The third kappa shape index (κ3) is 2.06. The van der Waals surface area contributed by atoms with Crippen LogP contribution in [0.3, 0.4) is 0 Å². The summed E-state index contributed by atoms with van der Waals surface area (Å²) >= 11 is 0. The second-order valence-corrected chi connectivity index (χ2v) is 4.47. The van der Waals surface area contributed by atoms with E-state index in [9.17, 15) is 10.1 Å². The standard InChI is InChI=1S/C13H12N4O2/c1-8-11-6-14-7-12(11)16-13(15-8)9-3-2-4-10(5-9)17(18)19/h2-5,14H,6-7H2,1H3. The van der Waals surface area contributed by atoms with Gasteiger partial charge in [0.05, 0.1) is 10.6 Å². The molecule has 0 fully saturated rings. The second kappa shape index (κ2) is 4.40. The van der Waals surface area contributed by atoms with Crippen LogP contribution in [0.4, 0.5) is 5.69 Å². The van der Waals surface area contributed by atoms with Gasteiger partial charge in [-0.2, -0.15) is 0 Å². The monoisotopic (exact) mass is 256 g/mol. The van der Waals surface area contributed by atoms with Crippen molar-refractivity contribution in [3.63, 3.8) is 0 Å². The highest BCUT2D eigenvalue weighted by Crippen LogP contribution is 2.24. The third-order valence-corrected chi connectivity index (χ3v) is 3.21. The molecule has 1 N–H and O–H groups in total. The van der Waals surface area contributed by atoms with Crippen molar-refractivity contribution in [2.24, 2.45) is 0 Å². The molecule has 96 valence electrons. The molecule has 0 spiro atoms. The van der Waals surface area contributed by atoms with Gasteiger partial charge in [0, 0.05) is 42.0 Å². The molecular weight excluding hydrogens is 244 g/mol. The van der Waals surface area contributed by atoms with Crippen LogP contribution >= 0.6 is 0 Å². The van der Waals surface area contributed by atoms with E-state index < -0.39 is 4.92 Å². The number of nitro groups is 1. The van der Waals surface area contributed by atoms with Crippen molar-refractivity contribution in [3.05, 3.63) is 51.3 Å². The van der Waals surface area contributed by atoms with E-state index in [-0.39, 0.29) is 5.69 Å². The van der Waals surface area contributed by atoms with Gasteiger partial charge in [-0.25, -0.2) is 9.97 Å². The fourth-order valence-electron chi connectivity index (χ4n) is 2.23. The summed E-state index contributed by atoms with van der Waals surface area (Å²) < 4.78 is 0. The first-order valence-corrected chi connectivity index (χ1v) is 5.97. The first-order chi connectivity index (χ1) is 9.15. The van der Waals surface area contributed by atoms with Gasteiger partial charge in [0.2, 0.25) is 0 Å². The molecule has 0 atom stereocenters. The zero-order chi connectivity index (χ0) is 13.4. The predicted molar refractivity (Wildman–Crippen MR) is 69.4 cm³/mol. The van der Waals surface area contributed by atoms with Crippen LogP contribution in [-0.4, -0.2) is 14.9 Å². The highest BCUT2D eigenvalue weighted by atomic mass is 16.6. The number of hydrogen-bond acceptors (Lipinski definition) is 5. The number of non-ortho nitro benzene ring substituents is 1. The van der Waals surface area contributed by atoms with E-state index in [4.69, 9.17) is 0 Å². The largest absolute Gasteiger partial charge is 0.307 e. The van der Waals surface area contributed by atoms with E-state index in [0.29, 0.717) is 11.4 Å². The molecule has 1 aliphatic rings. The Morgan fingerprint density at radius 2 is 2.16 bits per heavy atom. The number of fused-ring (bicyclic) bond motifs is 1. The third-order valence-electron chi connectivity index (χ3n) is 3.21. The Morgan fingerprint density at radius 1 is 1.32 bits per heavy atom. The number of aromatic nitrogens is 2. The number of aryl methyl sites for hydroxylation is 1. The van der Waals surface area contributed by atoms with Crippen molar-refractivity contribution in [3.8, 4) is 11.4 Å². The number of nitrogens with zero attached hydrogens (tertiary/aromatic N) is 3. The quantitative estimate of drug-likeness (QED) is 0.656. The number of nitrogens with one attached hydrogen (secondary N) is 1. The molecule has 0 bridgehead atoms. The molecule has 3 rings (SSSR count). The van der Waals surface area contributed by atoms with Crippen LogP contribution in [-0.2, 0) is 13.1 Å². The Bertz CT molecular complexity index is 670. The molecule has 2 aromatic rings. The summed E-state index contributed by atoms with van der Waals surface area (Å²) in [5.74, 6) is 0.545. The summed E-state index contributed by atoms with van der Waals surface area (Å²) in [5, 5.41) is 14.0. The van der Waals surface area contributed by atoms with E-state index in [1.165, 1.54) is 12.1 Å². The van der Waals surface area contributed by atoms with Crippen LogP contribution in [0.5, 0.6) is 0 Å². The predicted octanol–water partition coefficient (Wildman–Crippen LogP) is 1.96. The topological polar surface area (TPSA) is 81.0 Å². The fourth-order valence-corrected chi connectivity index (χ4v) is 2.23. The smallest absolute Gasteiger partial charge is 0.270 e. The van der Waals surface area contributed by atoms with Crippen LogP contribution < -0.4 is 5.32 Å². The number of hydrogen-bond donors (Lipinski definition) is 1. The van der Waals surface area contributed by atoms with Crippen molar-refractivity contribution in [1.82, 2.24) is 15.3 Å². The first-order valence-electron chi connectivity index (χ1n) is 5.97. The average Bonchev–Trinajstić information content (AvgIpc) is 2.87. The molecule has 0 radical (unpaired) electrons. The van der Waals surface area contributed by atoms with E-state index in [2.05, 4.69) is 15.3 Å². The highest BCUT2D eigenvalue weighted by Gasteiger charge is 2.18. The van der Waals surface area contributed by atoms with Crippen LogP contribution in [0, 0.1) is 17.0 Å². The van der Waals surface area contributed by atoms with Gasteiger partial charge >= 0.3 is 0 Å². The minimum atomic E-state index is -0.411. The molecule has 19 heavy (non-hydrogen) atoms. The zero-order valence-electron chi connectivity index (χ0n) is 10.4. The van der Waals surface area contributed by atoms with E-state index in [0.717, 1.165) is 30.0 Å². The highest BCUT2D eigenvalue weighted by molar-refractivity contribution is 5.60. The molecular formula is C13H12N4O2. The summed E-state index contributed by atoms with van der Waals surface area (Å²) in [6.07, 6.45) is 0. The van der Waals surface area contributed by atoms with Gasteiger partial charge in [-0.05, 0) is 6.92 Å². The van der Waals surface area contributed by atoms with E-state index in [1.54, 1.807) is 12.1 Å². The van der Waals surface area contributed by atoms with Gasteiger partial charge in [-0.15, -0.1) is 0 Å². The molecule has 0 unspecified atom stereocenters. The molecule has 1 aliphatic heterocycles. The van der Waals surface area contributed by atoms with Crippen molar-refractivity contribution in [1.29, 1.82) is 0 Å². The minimum absolute atomic E-state index is 0.0531. The molecule has 0 amide bonds. The Balaban J connectivity index is 2.10. The lowest BCUT2D eigenvalue weighted by atomic mass is 10.1. The molecule has 0 aliphatic carbocycles. The Labute approximate surface area is 109 Å². The molecule has 6 heteroatoms. The van der Waals surface area contributed by atoms with Crippen molar-refractivity contribution in [2.75, 3.05) is 0 Å². The van der Waals surface area contributed by atoms with E-state index >= 15 is 0 Å². The normalized spacial score (nSPS) is 13.3. The summed E-state index contributed by atoms with van der Waals surface area (Å²) in [6, 6.07) is 6.41. The van der Waals surface area contributed by atoms with Crippen LogP contribution in [0.2, 0.25) is 0 Å². The fraction of sp³-hybridized carbons (Fsp3) is 0.231. The molecule has 6 nitrogen and oxygen atoms in total. The van der Waals surface area contributed by atoms with Crippen molar-refractivity contribution in [2.45, 2.75) is 20.0 Å². The summed E-state index contributed by atoms with van der Waals surface area (Å²) in [4.78, 5) is 19.3. The summed E-state index contributed by atoms with van der Waals surface area (Å²) in [5.41, 5.74) is 3.77. The summed E-state index contributed by atoms with van der Waals surface area (Å²) in [7, 11) is 0. The second-order valence-electron chi connectivity index (χ2n) is 4.47. The average molecular weight is 256 g/mol. The number of rotatable bonds is 2. The molecule has 1 aromatic carbocycles.